The summed E-state index contributed by atoms with van der Waals surface area (Å²) in [4.78, 5) is 4.46. The number of nitrogens with one attached hydrogen (secondary N) is 1. The van der Waals surface area contributed by atoms with Crippen LogP contribution >= 0.6 is 0 Å². The predicted octanol–water partition coefficient (Wildman–Crippen LogP) is 3.71. The molecule has 0 saturated carbocycles. The normalized spacial score (nSPS) is 17.5. The zero-order chi connectivity index (χ0) is 15.5. The Labute approximate surface area is 136 Å². The Morgan fingerprint density at radius 3 is 2.55 bits per heavy atom. The van der Waals surface area contributed by atoms with Crippen molar-refractivity contribution in [1.82, 2.24) is 0 Å². The van der Waals surface area contributed by atoms with Crippen molar-refractivity contribution < 1.29 is 4.39 Å². The second-order valence-electron chi connectivity index (χ2n) is 4.91. The van der Waals surface area contributed by atoms with Crippen molar-refractivity contribution in [2.75, 3.05) is 0 Å². The Kier molecular flexibility index (Phi) is 4.17. The molecule has 0 aliphatic carbocycles. The van der Waals surface area contributed by atoms with E-state index in [4.69, 9.17) is 5.41 Å². The van der Waals surface area contributed by atoms with Crippen LogP contribution in [-0.4, -0.2) is 26.5 Å². The molecular formula is C18H12FN2Se. The van der Waals surface area contributed by atoms with Crippen LogP contribution in [0.1, 0.15) is 17.0 Å². The molecule has 1 aliphatic heterocycles. The van der Waals surface area contributed by atoms with E-state index in [-0.39, 0.29) is 11.7 Å². The van der Waals surface area contributed by atoms with Crippen molar-refractivity contribution in [3.05, 3.63) is 83.2 Å². The first-order chi connectivity index (χ1) is 10.7. The van der Waals surface area contributed by atoms with Crippen LogP contribution in [0.15, 0.2) is 71.2 Å². The first-order valence-corrected chi connectivity index (χ1v) is 7.63. The van der Waals surface area contributed by atoms with Crippen molar-refractivity contribution in [2.24, 2.45) is 4.99 Å². The predicted molar refractivity (Wildman–Crippen MR) is 88.0 cm³/mol. The van der Waals surface area contributed by atoms with Crippen molar-refractivity contribution >= 4 is 32.2 Å². The summed E-state index contributed by atoms with van der Waals surface area (Å²) in [7, 11) is 0. The monoisotopic (exact) mass is 355 g/mol. The summed E-state index contributed by atoms with van der Waals surface area (Å²) < 4.78 is 14.1. The minimum atomic E-state index is -0.292. The number of hydrogen-bond acceptors (Lipinski definition) is 2. The van der Waals surface area contributed by atoms with E-state index in [1.807, 2.05) is 42.5 Å². The molecule has 0 saturated heterocycles. The number of hydrogen-bond donors (Lipinski definition) is 1. The first kappa shape index (κ1) is 14.7. The fourth-order valence-corrected chi connectivity index (χ4v) is 3.02. The maximum atomic E-state index is 13.5. The molecule has 2 nitrogen and oxygen atoms in total. The van der Waals surface area contributed by atoms with Gasteiger partial charge in [-0.3, -0.25) is 0 Å². The van der Waals surface area contributed by atoms with Gasteiger partial charge in [0.15, 0.2) is 0 Å². The summed E-state index contributed by atoms with van der Waals surface area (Å²) in [5.74, 6) is 2.06. The molecule has 0 fully saturated rings. The second kappa shape index (κ2) is 6.25. The fourth-order valence-electron chi connectivity index (χ4n) is 2.44. The van der Waals surface area contributed by atoms with Crippen LogP contribution in [0, 0.1) is 11.2 Å². The molecular weight excluding hydrogens is 342 g/mol. The Hall–Kier alpha value is -2.25. The molecule has 1 unspecified atom stereocenters. The van der Waals surface area contributed by atoms with Gasteiger partial charge in [-0.05, 0) is 0 Å². The zero-order valence-corrected chi connectivity index (χ0v) is 13.3. The van der Waals surface area contributed by atoms with Gasteiger partial charge in [0.05, 0.1) is 0 Å². The van der Waals surface area contributed by atoms with Crippen LogP contribution in [0.4, 0.5) is 4.39 Å². The molecule has 1 aliphatic rings. The van der Waals surface area contributed by atoms with Gasteiger partial charge in [0.1, 0.15) is 0 Å². The topological polar surface area (TPSA) is 36.2 Å². The number of aliphatic imine (C=N–C) groups is 1. The molecule has 2 aromatic carbocycles. The molecule has 3 rings (SSSR count). The van der Waals surface area contributed by atoms with E-state index < -0.39 is 0 Å². The zero-order valence-electron chi connectivity index (χ0n) is 11.6. The molecule has 0 amide bonds. The summed E-state index contributed by atoms with van der Waals surface area (Å²) in [5, 5.41) is 7.53. The molecule has 0 bridgehead atoms. The van der Waals surface area contributed by atoms with E-state index in [1.54, 1.807) is 6.07 Å². The summed E-state index contributed by atoms with van der Waals surface area (Å²) >= 11 is 2.89. The van der Waals surface area contributed by atoms with Crippen LogP contribution in [0.25, 0.3) is 5.70 Å². The number of allylic oxidation sites excluding steroid dienone is 2. The van der Waals surface area contributed by atoms with E-state index in [0.717, 1.165) is 11.1 Å². The van der Waals surface area contributed by atoms with E-state index in [0.29, 0.717) is 15.9 Å². The van der Waals surface area contributed by atoms with Gasteiger partial charge < -0.3 is 0 Å². The van der Waals surface area contributed by atoms with Gasteiger partial charge in [-0.1, -0.05) is 0 Å². The number of halogens is 1. The SMILES string of the molecule is N=C=C1C([Se])=NC(c2cccc(F)c2)=CC1c1ccccc1. The van der Waals surface area contributed by atoms with Crippen LogP contribution in [-0.2, 0) is 0 Å². The Balaban J connectivity index is 2.12. The Morgan fingerprint density at radius 2 is 1.86 bits per heavy atom. The second-order valence-corrected chi connectivity index (χ2v) is 5.72. The van der Waals surface area contributed by atoms with Crippen LogP contribution in [0.2, 0.25) is 0 Å². The van der Waals surface area contributed by atoms with Crippen LogP contribution in [0.3, 0.4) is 0 Å². The molecule has 107 valence electrons. The van der Waals surface area contributed by atoms with Gasteiger partial charge in [0.25, 0.3) is 0 Å². The summed E-state index contributed by atoms with van der Waals surface area (Å²) in [6.45, 7) is 0. The molecule has 0 spiro atoms. The maximum absolute atomic E-state index is 13.5. The average molecular weight is 354 g/mol. The van der Waals surface area contributed by atoms with E-state index in [2.05, 4.69) is 26.9 Å². The number of nitrogens with zero attached hydrogens (tertiary/aromatic N) is 1. The van der Waals surface area contributed by atoms with Gasteiger partial charge in [-0.15, -0.1) is 0 Å². The molecule has 2 aromatic rings. The number of benzene rings is 2. The standard InChI is InChI=1S/C18H12FN2Se/c19-14-8-4-7-13(9-14)17-10-15(12-5-2-1-3-6-12)16(11-20)18(22)21-17/h1-10,15,20H. The van der Waals surface area contributed by atoms with Crippen molar-refractivity contribution in [3.8, 4) is 0 Å². The van der Waals surface area contributed by atoms with E-state index in [1.165, 1.54) is 12.1 Å². The average Bonchev–Trinajstić information content (AvgIpc) is 2.55. The molecule has 1 atom stereocenters. The van der Waals surface area contributed by atoms with Gasteiger partial charge in [0.2, 0.25) is 0 Å². The van der Waals surface area contributed by atoms with Crippen LogP contribution in [0.5, 0.6) is 0 Å². The van der Waals surface area contributed by atoms with Gasteiger partial charge in [-0.25, -0.2) is 0 Å². The van der Waals surface area contributed by atoms with Gasteiger partial charge >= 0.3 is 136 Å². The third-order valence-electron chi connectivity index (χ3n) is 3.50. The molecule has 1 radical (unpaired) electrons. The molecule has 0 aromatic heterocycles. The van der Waals surface area contributed by atoms with Crippen molar-refractivity contribution in [3.63, 3.8) is 0 Å². The molecule has 1 N–H and O–H groups in total. The summed E-state index contributed by atoms with van der Waals surface area (Å²) in [6, 6.07) is 16.2. The Bertz CT molecular complexity index is 818. The molecule has 1 heterocycles. The van der Waals surface area contributed by atoms with Gasteiger partial charge in [-0.2, -0.15) is 0 Å². The van der Waals surface area contributed by atoms with E-state index >= 15 is 0 Å². The third kappa shape index (κ3) is 2.86. The quantitative estimate of drug-likeness (QED) is 0.631. The van der Waals surface area contributed by atoms with Gasteiger partial charge in [0, 0.05) is 0 Å². The van der Waals surface area contributed by atoms with Crippen LogP contribution < -0.4 is 0 Å². The Morgan fingerprint density at radius 1 is 1.09 bits per heavy atom. The van der Waals surface area contributed by atoms with Crippen molar-refractivity contribution in [2.45, 2.75) is 5.92 Å². The summed E-state index contributed by atoms with van der Waals surface area (Å²) in [6.07, 6.45) is 1.95. The number of rotatable bonds is 2. The van der Waals surface area contributed by atoms with Crippen molar-refractivity contribution in [1.29, 1.82) is 5.41 Å². The first-order valence-electron chi connectivity index (χ1n) is 6.77. The molecule has 4 heteroatoms. The van der Waals surface area contributed by atoms with E-state index in [9.17, 15) is 4.39 Å². The summed E-state index contributed by atoms with van der Waals surface area (Å²) in [5.41, 5.74) is 3.15. The minimum absolute atomic E-state index is 0.120. The third-order valence-corrected chi connectivity index (χ3v) is 4.15. The fraction of sp³-hybridized carbons (Fsp3) is 0.0556. The molecule has 22 heavy (non-hydrogen) atoms.